The normalized spacial score (nSPS) is 24.6. The van der Waals surface area contributed by atoms with Gasteiger partial charge in [-0.05, 0) is 78.8 Å². The summed E-state index contributed by atoms with van der Waals surface area (Å²) < 4.78 is 42.5. The van der Waals surface area contributed by atoms with Crippen LogP contribution in [0.4, 0.5) is 13.2 Å². The molecule has 1 fully saturated rings. The molecule has 5 heteroatoms. The number of aromatic nitrogens is 1. The Kier molecular flexibility index (Phi) is 7.30. The summed E-state index contributed by atoms with van der Waals surface area (Å²) in [6, 6.07) is 5.83. The molecule has 0 radical (unpaired) electrons. The second kappa shape index (κ2) is 10.1. The number of alkyl halides is 2. The van der Waals surface area contributed by atoms with Crippen molar-refractivity contribution in [3.8, 4) is 11.1 Å². The van der Waals surface area contributed by atoms with Crippen LogP contribution in [-0.4, -0.2) is 10.8 Å². The number of hydrogen-bond acceptors (Lipinski definition) is 2. The van der Waals surface area contributed by atoms with E-state index in [1.54, 1.807) is 6.20 Å². The summed E-state index contributed by atoms with van der Waals surface area (Å²) in [5, 5.41) is 0. The van der Waals surface area contributed by atoms with Crippen LogP contribution in [0.15, 0.2) is 36.5 Å². The van der Waals surface area contributed by atoms with Crippen molar-refractivity contribution in [1.82, 2.24) is 4.98 Å². The number of Topliss-reactive ketones (excluding diaryl/α,β-unsaturated/α-hetero) is 1. The first kappa shape index (κ1) is 24.7. The Labute approximate surface area is 200 Å². The van der Waals surface area contributed by atoms with Gasteiger partial charge in [0.05, 0.1) is 11.3 Å². The first-order chi connectivity index (χ1) is 16.2. The summed E-state index contributed by atoms with van der Waals surface area (Å²) in [5.41, 5.74) is 2.52. The number of ketones is 1. The van der Waals surface area contributed by atoms with Gasteiger partial charge >= 0.3 is 0 Å². The lowest BCUT2D eigenvalue weighted by Crippen LogP contribution is -2.19. The zero-order valence-corrected chi connectivity index (χ0v) is 20.3. The zero-order valence-electron chi connectivity index (χ0n) is 20.3. The molecule has 0 spiro atoms. The summed E-state index contributed by atoms with van der Waals surface area (Å²) in [4.78, 5) is 17.6. The number of fused-ring (bicyclic) bond motifs is 1. The number of carbonyl (C=O) groups excluding carboxylic acids is 1. The van der Waals surface area contributed by atoms with E-state index in [0.717, 1.165) is 49.4 Å². The largest absolute Gasteiger partial charge is 0.299 e. The minimum Gasteiger partial charge on any atom is -0.299 e. The van der Waals surface area contributed by atoms with Gasteiger partial charge in [-0.15, -0.1) is 0 Å². The van der Waals surface area contributed by atoms with E-state index < -0.39 is 23.7 Å². The van der Waals surface area contributed by atoms with Gasteiger partial charge in [-0.1, -0.05) is 39.3 Å². The predicted octanol–water partition coefficient (Wildman–Crippen LogP) is 8.00. The highest BCUT2D eigenvalue weighted by atomic mass is 19.3. The third-order valence-corrected chi connectivity index (χ3v) is 7.88. The molecule has 0 N–H and O–H groups in total. The first-order valence-electron chi connectivity index (χ1n) is 12.6. The van der Waals surface area contributed by atoms with Gasteiger partial charge in [0.1, 0.15) is 11.6 Å². The van der Waals surface area contributed by atoms with E-state index in [1.807, 2.05) is 12.1 Å². The Morgan fingerprint density at radius 1 is 1.15 bits per heavy atom. The Morgan fingerprint density at radius 2 is 1.94 bits per heavy atom. The Bertz CT molecular complexity index is 1080. The topological polar surface area (TPSA) is 30.0 Å². The van der Waals surface area contributed by atoms with Crippen LogP contribution >= 0.6 is 0 Å². The van der Waals surface area contributed by atoms with E-state index in [9.17, 15) is 18.0 Å². The van der Waals surface area contributed by atoms with Crippen LogP contribution in [0, 0.1) is 29.5 Å². The Hall–Kier alpha value is -2.43. The smallest absolute Gasteiger partial charge is 0.275 e. The SMILES string of the molecule is CCC1CC(C)C(C(=O)CC2C=Cc3ncc(-c4ccc(F)c(C(F)(F)CC)c4)cc3CC2)C1. The van der Waals surface area contributed by atoms with Crippen LogP contribution in [0.3, 0.4) is 0 Å². The highest BCUT2D eigenvalue weighted by Gasteiger charge is 2.35. The highest BCUT2D eigenvalue weighted by Crippen LogP contribution is 2.40. The van der Waals surface area contributed by atoms with Gasteiger partial charge < -0.3 is 0 Å². The third-order valence-electron chi connectivity index (χ3n) is 7.88. The van der Waals surface area contributed by atoms with Gasteiger partial charge in [-0.3, -0.25) is 9.78 Å². The van der Waals surface area contributed by atoms with Gasteiger partial charge in [-0.2, -0.15) is 0 Å². The maximum Gasteiger partial charge on any atom is 0.275 e. The number of rotatable bonds is 7. The Morgan fingerprint density at radius 3 is 2.65 bits per heavy atom. The number of carbonyl (C=O) groups is 1. The molecule has 1 aromatic carbocycles. The number of hydrogen-bond donors (Lipinski definition) is 0. The summed E-state index contributed by atoms with van der Waals surface area (Å²) in [6.07, 6.45) is 10.8. The number of halogens is 3. The molecule has 1 aromatic heterocycles. The Balaban J connectivity index is 1.48. The zero-order chi connectivity index (χ0) is 24.5. The molecule has 0 saturated heterocycles. The fourth-order valence-electron chi connectivity index (χ4n) is 5.61. The van der Waals surface area contributed by atoms with Crippen LogP contribution in [0.1, 0.15) is 76.1 Å². The van der Waals surface area contributed by atoms with E-state index in [4.69, 9.17) is 0 Å². The summed E-state index contributed by atoms with van der Waals surface area (Å²) in [7, 11) is 0. The third kappa shape index (κ3) is 5.13. The number of nitrogens with zero attached hydrogens (tertiary/aromatic N) is 1. The second-order valence-corrected chi connectivity index (χ2v) is 10.2. The molecular weight excluding hydrogens is 435 g/mol. The quantitative estimate of drug-likeness (QED) is 0.411. The van der Waals surface area contributed by atoms with Gasteiger partial charge in [0, 0.05) is 30.5 Å². The van der Waals surface area contributed by atoms with E-state index in [1.165, 1.54) is 19.1 Å². The maximum atomic E-state index is 14.2. The average molecular weight is 470 g/mol. The molecule has 2 aliphatic carbocycles. The van der Waals surface area contributed by atoms with Crippen molar-refractivity contribution in [1.29, 1.82) is 0 Å². The van der Waals surface area contributed by atoms with Crippen LogP contribution in [0.25, 0.3) is 17.2 Å². The fraction of sp³-hybridized carbons (Fsp3) is 0.517. The van der Waals surface area contributed by atoms with Gasteiger partial charge in [0.15, 0.2) is 0 Å². The van der Waals surface area contributed by atoms with E-state index in [-0.39, 0.29) is 11.8 Å². The summed E-state index contributed by atoms with van der Waals surface area (Å²) >= 11 is 0. The predicted molar refractivity (Wildman–Crippen MR) is 130 cm³/mol. The van der Waals surface area contributed by atoms with Crippen LogP contribution < -0.4 is 0 Å². The molecule has 182 valence electrons. The second-order valence-electron chi connectivity index (χ2n) is 10.2. The molecule has 2 aliphatic rings. The lowest BCUT2D eigenvalue weighted by atomic mass is 9.86. The highest BCUT2D eigenvalue weighted by molar-refractivity contribution is 5.82. The molecule has 4 unspecified atom stereocenters. The van der Waals surface area contributed by atoms with E-state index in [0.29, 0.717) is 35.2 Å². The monoisotopic (exact) mass is 469 g/mol. The van der Waals surface area contributed by atoms with Crippen molar-refractivity contribution in [3.05, 3.63) is 59.2 Å². The van der Waals surface area contributed by atoms with Gasteiger partial charge in [0.25, 0.3) is 5.92 Å². The molecule has 2 aromatic rings. The molecule has 2 nitrogen and oxygen atoms in total. The van der Waals surface area contributed by atoms with Crippen molar-refractivity contribution in [2.75, 3.05) is 0 Å². The molecule has 34 heavy (non-hydrogen) atoms. The van der Waals surface area contributed by atoms with Gasteiger partial charge in [-0.25, -0.2) is 13.2 Å². The molecule has 4 rings (SSSR count). The summed E-state index contributed by atoms with van der Waals surface area (Å²) in [6.45, 7) is 5.76. The number of allylic oxidation sites excluding steroid dienone is 1. The van der Waals surface area contributed by atoms with E-state index in [2.05, 4.69) is 24.9 Å². The minimum absolute atomic E-state index is 0.179. The molecule has 1 heterocycles. The fourth-order valence-corrected chi connectivity index (χ4v) is 5.61. The molecular formula is C29H34F3NO. The van der Waals surface area contributed by atoms with Crippen molar-refractivity contribution < 1.29 is 18.0 Å². The van der Waals surface area contributed by atoms with Crippen molar-refractivity contribution in [2.24, 2.45) is 23.7 Å². The summed E-state index contributed by atoms with van der Waals surface area (Å²) in [5.74, 6) is -2.22. The van der Waals surface area contributed by atoms with Crippen molar-refractivity contribution in [3.63, 3.8) is 0 Å². The van der Waals surface area contributed by atoms with Crippen molar-refractivity contribution in [2.45, 2.75) is 71.6 Å². The van der Waals surface area contributed by atoms with Crippen LogP contribution in [-0.2, 0) is 17.1 Å². The number of benzene rings is 1. The van der Waals surface area contributed by atoms with Crippen LogP contribution in [0.5, 0.6) is 0 Å². The molecule has 4 atom stereocenters. The first-order valence-corrected chi connectivity index (χ1v) is 12.6. The lowest BCUT2D eigenvalue weighted by molar-refractivity contribution is -0.124. The standard InChI is InChI=1S/C29H34F3NO/c1-4-19-12-18(3)24(13-19)28(34)14-20-6-8-22-15-23(17-33-27(22)11-7-20)21-9-10-26(30)25(16-21)29(31,32)5-2/h7,9-11,15-20,24H,4-6,8,12-14H2,1-3H3. The molecule has 0 aliphatic heterocycles. The molecule has 1 saturated carbocycles. The number of aryl methyl sites for hydroxylation is 1. The molecule has 0 amide bonds. The average Bonchev–Trinajstić information content (AvgIpc) is 3.10. The number of pyridine rings is 1. The maximum absolute atomic E-state index is 14.2. The minimum atomic E-state index is -3.21. The van der Waals surface area contributed by atoms with E-state index >= 15 is 0 Å². The lowest BCUT2D eigenvalue weighted by Gasteiger charge is -2.17. The van der Waals surface area contributed by atoms with Crippen molar-refractivity contribution >= 4 is 11.9 Å². The van der Waals surface area contributed by atoms with Crippen LogP contribution in [0.2, 0.25) is 0 Å². The van der Waals surface area contributed by atoms with Gasteiger partial charge in [0.2, 0.25) is 0 Å². The molecule has 0 bridgehead atoms.